The van der Waals surface area contributed by atoms with Crippen LogP contribution in [0, 0.1) is 17.1 Å². The van der Waals surface area contributed by atoms with Crippen molar-refractivity contribution in [2.75, 3.05) is 38.1 Å². The van der Waals surface area contributed by atoms with Gasteiger partial charge in [-0.2, -0.15) is 27.3 Å². The van der Waals surface area contributed by atoms with Crippen LogP contribution in [-0.2, 0) is 16.8 Å². The second kappa shape index (κ2) is 8.91. The molecule has 3 aromatic rings. The summed E-state index contributed by atoms with van der Waals surface area (Å²) < 4.78 is 53.4. The number of anilines is 1. The van der Waals surface area contributed by atoms with Crippen LogP contribution in [0.1, 0.15) is 11.3 Å². The maximum Gasteiger partial charge on any atom is 0.282 e. The highest BCUT2D eigenvalue weighted by Gasteiger charge is 2.33. The van der Waals surface area contributed by atoms with Gasteiger partial charge in [0, 0.05) is 50.4 Å². The Morgan fingerprint density at radius 3 is 2.62 bits per heavy atom. The second-order valence-corrected chi connectivity index (χ2v) is 9.55. The first-order valence-corrected chi connectivity index (χ1v) is 11.4. The third kappa shape index (κ3) is 4.22. The van der Waals surface area contributed by atoms with Gasteiger partial charge in [0.15, 0.2) is 5.76 Å². The minimum Gasteiger partial charge on any atom is -0.459 e. The molecule has 1 aliphatic rings. The quantitative estimate of drug-likeness (QED) is 0.534. The number of nitrogens with zero attached hydrogens (tertiary/aromatic N) is 5. The zero-order valence-electron chi connectivity index (χ0n) is 17.0. The number of halogens is 2. The first-order valence-electron chi connectivity index (χ1n) is 9.65. The average molecular weight is 480 g/mol. The summed E-state index contributed by atoms with van der Waals surface area (Å²) in [6.07, 6.45) is 1.47. The van der Waals surface area contributed by atoms with Gasteiger partial charge in [-0.25, -0.2) is 4.39 Å². The fraction of sp³-hybridized carbons (Fsp3) is 0.300. The third-order valence-electron chi connectivity index (χ3n) is 5.14. The minimum atomic E-state index is -3.86. The summed E-state index contributed by atoms with van der Waals surface area (Å²) in [7, 11) is -2.48. The van der Waals surface area contributed by atoms with Crippen LogP contribution in [0.4, 0.5) is 10.3 Å². The van der Waals surface area contributed by atoms with Gasteiger partial charge in [-0.1, -0.05) is 17.7 Å². The van der Waals surface area contributed by atoms with E-state index in [-0.39, 0.29) is 60.8 Å². The predicted molar refractivity (Wildman–Crippen MR) is 115 cm³/mol. The Kier molecular flexibility index (Phi) is 6.21. The number of aromatic nitrogens is 1. The van der Waals surface area contributed by atoms with Crippen molar-refractivity contribution in [2.24, 2.45) is 0 Å². The van der Waals surface area contributed by atoms with Crippen LogP contribution in [0.5, 0.6) is 0 Å². The standard InChI is InChI=1S/C20H19ClFN5O4S/c1-25(13-14-15(21)4-2-5-16(14)22)32(28,29)27-9-7-26(8-10-27)20-17(12-23)24-19(31-20)18-6-3-11-30-18/h2-6,11H,7-10,13H2,1H3. The lowest BCUT2D eigenvalue weighted by Gasteiger charge is -2.35. The first-order chi connectivity index (χ1) is 15.3. The van der Waals surface area contributed by atoms with E-state index in [4.69, 9.17) is 20.4 Å². The SMILES string of the molecule is CN(Cc1c(F)cccc1Cl)S(=O)(=O)N1CCN(c2oc(-c3ccco3)nc2C#N)CC1. The molecule has 0 unspecified atom stereocenters. The highest BCUT2D eigenvalue weighted by atomic mass is 35.5. The van der Waals surface area contributed by atoms with Gasteiger partial charge in [0.05, 0.1) is 6.26 Å². The fourth-order valence-corrected chi connectivity index (χ4v) is 4.95. The monoisotopic (exact) mass is 479 g/mol. The van der Waals surface area contributed by atoms with Crippen molar-refractivity contribution < 1.29 is 21.6 Å². The van der Waals surface area contributed by atoms with Crippen LogP contribution in [0.25, 0.3) is 11.7 Å². The van der Waals surface area contributed by atoms with Gasteiger partial charge in [-0.15, -0.1) is 0 Å². The van der Waals surface area contributed by atoms with Crippen LogP contribution < -0.4 is 4.90 Å². The summed E-state index contributed by atoms with van der Waals surface area (Å²) in [6.45, 7) is 0.684. The van der Waals surface area contributed by atoms with Gasteiger partial charge in [0.2, 0.25) is 11.6 Å². The lowest BCUT2D eigenvalue weighted by atomic mass is 10.2. The first kappa shape index (κ1) is 22.3. The molecule has 0 N–H and O–H groups in total. The Balaban J connectivity index is 1.46. The molecule has 1 aromatic carbocycles. The van der Waals surface area contributed by atoms with Crippen molar-refractivity contribution in [2.45, 2.75) is 6.54 Å². The molecule has 12 heteroatoms. The number of rotatable bonds is 6. The summed E-state index contributed by atoms with van der Waals surface area (Å²) >= 11 is 6.03. The molecule has 0 aliphatic carbocycles. The topological polar surface area (TPSA) is 107 Å². The zero-order valence-corrected chi connectivity index (χ0v) is 18.6. The van der Waals surface area contributed by atoms with Gasteiger partial charge < -0.3 is 13.7 Å². The maximum atomic E-state index is 14.1. The van der Waals surface area contributed by atoms with Crippen molar-refractivity contribution in [3.8, 4) is 17.7 Å². The summed E-state index contributed by atoms with van der Waals surface area (Å²) in [4.78, 5) is 5.92. The van der Waals surface area contributed by atoms with Crippen LogP contribution >= 0.6 is 11.6 Å². The van der Waals surface area contributed by atoms with Crippen LogP contribution in [0.15, 0.2) is 45.4 Å². The van der Waals surface area contributed by atoms with Crippen molar-refractivity contribution in [3.63, 3.8) is 0 Å². The molecule has 0 saturated carbocycles. The summed E-state index contributed by atoms with van der Waals surface area (Å²) in [5.41, 5.74) is 0.212. The van der Waals surface area contributed by atoms with Gasteiger partial charge in [-0.05, 0) is 24.3 Å². The van der Waals surface area contributed by atoms with E-state index in [0.717, 1.165) is 4.31 Å². The zero-order chi connectivity index (χ0) is 22.9. The highest BCUT2D eigenvalue weighted by Crippen LogP contribution is 2.30. The van der Waals surface area contributed by atoms with Crippen LogP contribution in [0.3, 0.4) is 0 Å². The molecule has 9 nitrogen and oxygen atoms in total. The Labute approximate surface area is 189 Å². The Morgan fingerprint density at radius 1 is 1.25 bits per heavy atom. The number of nitriles is 1. The molecule has 0 amide bonds. The van der Waals surface area contributed by atoms with E-state index in [0.29, 0.717) is 5.76 Å². The van der Waals surface area contributed by atoms with Gasteiger partial charge in [-0.3, -0.25) is 0 Å². The molecule has 0 spiro atoms. The van der Waals surface area contributed by atoms with Crippen LogP contribution in [-0.4, -0.2) is 55.2 Å². The van der Waals surface area contributed by atoms with Crippen LogP contribution in [0.2, 0.25) is 5.02 Å². The van der Waals surface area contributed by atoms with E-state index in [1.54, 1.807) is 17.0 Å². The molecule has 32 heavy (non-hydrogen) atoms. The molecular weight excluding hydrogens is 461 g/mol. The van der Waals surface area contributed by atoms with E-state index in [2.05, 4.69) is 4.98 Å². The average Bonchev–Trinajstić information content (AvgIpc) is 3.46. The molecule has 1 fully saturated rings. The Hall–Kier alpha value is -2.91. The summed E-state index contributed by atoms with van der Waals surface area (Å²) in [5, 5.41) is 9.58. The Morgan fingerprint density at radius 2 is 2.00 bits per heavy atom. The molecule has 0 atom stereocenters. The summed E-state index contributed by atoms with van der Waals surface area (Å²) in [5.74, 6) is 0.272. The molecular formula is C20H19ClFN5O4S. The molecule has 1 saturated heterocycles. The van der Waals surface area contributed by atoms with Crippen molar-refractivity contribution in [1.82, 2.24) is 13.6 Å². The third-order valence-corrected chi connectivity index (χ3v) is 7.42. The fourth-order valence-electron chi connectivity index (χ4n) is 3.41. The largest absolute Gasteiger partial charge is 0.459 e. The molecule has 1 aliphatic heterocycles. The van der Waals surface area contributed by atoms with Crippen molar-refractivity contribution in [1.29, 1.82) is 5.26 Å². The maximum absolute atomic E-state index is 14.1. The molecule has 0 bridgehead atoms. The van der Waals surface area contributed by atoms with Crippen molar-refractivity contribution >= 4 is 27.7 Å². The lowest BCUT2D eigenvalue weighted by Crippen LogP contribution is -2.52. The number of oxazole rings is 1. The van der Waals surface area contributed by atoms with E-state index in [1.807, 2.05) is 6.07 Å². The second-order valence-electron chi connectivity index (χ2n) is 7.11. The highest BCUT2D eigenvalue weighted by molar-refractivity contribution is 7.86. The Bertz CT molecular complexity index is 1230. The number of benzene rings is 1. The van der Waals surface area contributed by atoms with E-state index in [1.165, 1.54) is 35.8 Å². The van der Waals surface area contributed by atoms with Gasteiger partial charge in [0.1, 0.15) is 11.9 Å². The number of hydrogen-bond acceptors (Lipinski definition) is 7. The number of furan rings is 1. The van der Waals surface area contributed by atoms with E-state index in [9.17, 15) is 18.1 Å². The normalized spacial score (nSPS) is 15.3. The molecule has 168 valence electrons. The lowest BCUT2D eigenvalue weighted by molar-refractivity contribution is 0.334. The molecule has 0 radical (unpaired) electrons. The molecule has 4 rings (SSSR count). The molecule has 2 aromatic heterocycles. The number of piperazine rings is 1. The predicted octanol–water partition coefficient (Wildman–Crippen LogP) is 3.10. The minimum absolute atomic E-state index is 0.0963. The van der Waals surface area contributed by atoms with E-state index < -0.39 is 16.0 Å². The molecule has 3 heterocycles. The van der Waals surface area contributed by atoms with Crippen molar-refractivity contribution in [3.05, 3.63) is 58.7 Å². The summed E-state index contributed by atoms with van der Waals surface area (Å²) in [6, 6.07) is 9.56. The van der Waals surface area contributed by atoms with E-state index >= 15 is 0 Å². The van der Waals surface area contributed by atoms with Gasteiger partial charge in [0.25, 0.3) is 16.1 Å². The smallest absolute Gasteiger partial charge is 0.282 e. The number of hydrogen-bond donors (Lipinski definition) is 0. The van der Waals surface area contributed by atoms with Gasteiger partial charge >= 0.3 is 0 Å².